The highest BCUT2D eigenvalue weighted by Crippen LogP contribution is 2.17. The highest BCUT2D eigenvalue weighted by Gasteiger charge is 2.18. The fourth-order valence-electron chi connectivity index (χ4n) is 1.92. The summed E-state index contributed by atoms with van der Waals surface area (Å²) in [5, 5.41) is 8.69. The van der Waals surface area contributed by atoms with Crippen molar-refractivity contribution in [2.45, 2.75) is 38.8 Å². The van der Waals surface area contributed by atoms with Gasteiger partial charge in [0.25, 0.3) is 0 Å². The molecule has 18 heavy (non-hydrogen) atoms. The lowest BCUT2D eigenvalue weighted by molar-refractivity contribution is -0.137. The van der Waals surface area contributed by atoms with Crippen molar-refractivity contribution in [1.29, 1.82) is 0 Å². The molecule has 0 radical (unpaired) electrons. The van der Waals surface area contributed by atoms with Gasteiger partial charge in [0.15, 0.2) is 0 Å². The third-order valence-corrected chi connectivity index (χ3v) is 2.88. The lowest BCUT2D eigenvalue weighted by Crippen LogP contribution is -2.36. The minimum Gasteiger partial charge on any atom is -0.481 e. The molecule has 1 aromatic carbocycles. The standard InChI is InChI=1S/C14H22N2O2/c1-9(2)7-10-3-5-11(6-4-10)14(16)12(15)8-13(17)18/h3-6,9,12,14H,7-8,15-16H2,1-2H3,(H,17,18). The molecule has 0 saturated carbocycles. The van der Waals surface area contributed by atoms with Crippen LogP contribution in [0.25, 0.3) is 0 Å². The summed E-state index contributed by atoms with van der Waals surface area (Å²) in [4.78, 5) is 10.6. The van der Waals surface area contributed by atoms with Crippen LogP contribution in [0.2, 0.25) is 0 Å². The molecule has 100 valence electrons. The second-order valence-corrected chi connectivity index (χ2v) is 5.13. The van der Waals surface area contributed by atoms with E-state index >= 15 is 0 Å². The number of carboxylic acids is 1. The first-order valence-electron chi connectivity index (χ1n) is 6.22. The molecule has 0 heterocycles. The molecule has 4 nitrogen and oxygen atoms in total. The fraction of sp³-hybridized carbons (Fsp3) is 0.500. The second-order valence-electron chi connectivity index (χ2n) is 5.13. The van der Waals surface area contributed by atoms with E-state index in [0.29, 0.717) is 5.92 Å². The van der Waals surface area contributed by atoms with Crippen molar-refractivity contribution in [3.05, 3.63) is 35.4 Å². The lowest BCUT2D eigenvalue weighted by atomic mass is 9.95. The van der Waals surface area contributed by atoms with Crippen LogP contribution in [-0.2, 0) is 11.2 Å². The van der Waals surface area contributed by atoms with Crippen LogP contribution in [0.5, 0.6) is 0 Å². The molecule has 0 saturated heterocycles. The Morgan fingerprint density at radius 1 is 1.22 bits per heavy atom. The molecule has 2 unspecified atom stereocenters. The quantitative estimate of drug-likeness (QED) is 0.716. The van der Waals surface area contributed by atoms with Crippen LogP contribution in [-0.4, -0.2) is 17.1 Å². The van der Waals surface area contributed by atoms with E-state index in [0.717, 1.165) is 12.0 Å². The van der Waals surface area contributed by atoms with Crippen molar-refractivity contribution in [2.75, 3.05) is 0 Å². The molecule has 1 rings (SSSR count). The summed E-state index contributed by atoms with van der Waals surface area (Å²) in [5.74, 6) is -0.312. The number of aliphatic carboxylic acids is 1. The molecule has 1 aromatic rings. The van der Waals surface area contributed by atoms with Crippen molar-refractivity contribution < 1.29 is 9.90 Å². The first kappa shape index (κ1) is 14.7. The van der Waals surface area contributed by atoms with Crippen LogP contribution < -0.4 is 11.5 Å². The average Bonchev–Trinajstić information content (AvgIpc) is 2.27. The van der Waals surface area contributed by atoms with Crippen molar-refractivity contribution in [3.63, 3.8) is 0 Å². The molecule has 5 N–H and O–H groups in total. The molecule has 0 fully saturated rings. The normalized spacial score (nSPS) is 14.5. The smallest absolute Gasteiger partial charge is 0.304 e. The van der Waals surface area contributed by atoms with Crippen molar-refractivity contribution in [1.82, 2.24) is 0 Å². The molecule has 2 atom stereocenters. The van der Waals surface area contributed by atoms with Gasteiger partial charge >= 0.3 is 5.97 Å². The molecular formula is C14H22N2O2. The Bertz CT molecular complexity index is 387. The van der Waals surface area contributed by atoms with E-state index in [1.807, 2.05) is 24.3 Å². The molecule has 0 aliphatic rings. The van der Waals surface area contributed by atoms with Gasteiger partial charge in [-0.15, -0.1) is 0 Å². The Balaban J connectivity index is 2.69. The van der Waals surface area contributed by atoms with Crippen LogP contribution in [0.1, 0.15) is 37.4 Å². The number of benzene rings is 1. The summed E-state index contributed by atoms with van der Waals surface area (Å²) in [6.07, 6.45) is 0.908. The maximum absolute atomic E-state index is 10.6. The van der Waals surface area contributed by atoms with E-state index in [4.69, 9.17) is 16.6 Å². The van der Waals surface area contributed by atoms with Gasteiger partial charge in [-0.05, 0) is 23.5 Å². The number of carboxylic acid groups (broad SMARTS) is 1. The number of nitrogens with two attached hydrogens (primary N) is 2. The summed E-state index contributed by atoms with van der Waals surface area (Å²) in [7, 11) is 0. The van der Waals surface area contributed by atoms with E-state index in [2.05, 4.69) is 13.8 Å². The zero-order chi connectivity index (χ0) is 13.7. The number of hydrogen-bond acceptors (Lipinski definition) is 3. The Kier molecular flexibility index (Phi) is 5.31. The van der Waals surface area contributed by atoms with Gasteiger partial charge in [0.1, 0.15) is 0 Å². The van der Waals surface area contributed by atoms with Gasteiger partial charge in [-0.1, -0.05) is 38.1 Å². The number of rotatable bonds is 6. The molecule has 0 aliphatic carbocycles. The predicted molar refractivity (Wildman–Crippen MR) is 72.1 cm³/mol. The highest BCUT2D eigenvalue weighted by atomic mass is 16.4. The van der Waals surface area contributed by atoms with Gasteiger partial charge in [-0.25, -0.2) is 0 Å². The Morgan fingerprint density at radius 2 is 1.78 bits per heavy atom. The molecular weight excluding hydrogens is 228 g/mol. The van der Waals surface area contributed by atoms with E-state index in [1.54, 1.807) is 0 Å². The Hall–Kier alpha value is -1.39. The van der Waals surface area contributed by atoms with E-state index < -0.39 is 18.1 Å². The summed E-state index contributed by atoms with van der Waals surface area (Å²) in [6, 6.07) is 6.94. The zero-order valence-corrected chi connectivity index (χ0v) is 11.0. The van der Waals surface area contributed by atoms with Gasteiger partial charge in [0.2, 0.25) is 0 Å². The van der Waals surface area contributed by atoms with Crippen LogP contribution in [0, 0.1) is 5.92 Å². The first-order valence-corrected chi connectivity index (χ1v) is 6.22. The van der Waals surface area contributed by atoms with Crippen LogP contribution in [0.3, 0.4) is 0 Å². The van der Waals surface area contributed by atoms with Gasteiger partial charge in [0, 0.05) is 12.1 Å². The van der Waals surface area contributed by atoms with Crippen LogP contribution >= 0.6 is 0 Å². The highest BCUT2D eigenvalue weighted by molar-refractivity contribution is 5.67. The lowest BCUT2D eigenvalue weighted by Gasteiger charge is -2.19. The minimum atomic E-state index is -0.922. The molecule has 4 heteroatoms. The Morgan fingerprint density at radius 3 is 2.22 bits per heavy atom. The minimum absolute atomic E-state index is 0.116. The van der Waals surface area contributed by atoms with Gasteiger partial charge < -0.3 is 16.6 Å². The summed E-state index contributed by atoms with van der Waals surface area (Å²) in [6.45, 7) is 4.34. The fourth-order valence-corrected chi connectivity index (χ4v) is 1.92. The first-order chi connectivity index (χ1) is 8.40. The van der Waals surface area contributed by atoms with Crippen molar-refractivity contribution >= 4 is 5.97 Å². The average molecular weight is 250 g/mol. The maximum atomic E-state index is 10.6. The summed E-state index contributed by atoms with van der Waals surface area (Å²) >= 11 is 0. The third-order valence-electron chi connectivity index (χ3n) is 2.88. The Labute approximate surface area is 108 Å². The van der Waals surface area contributed by atoms with Gasteiger partial charge in [0.05, 0.1) is 6.42 Å². The number of hydrogen-bond donors (Lipinski definition) is 3. The van der Waals surface area contributed by atoms with Gasteiger partial charge in [-0.2, -0.15) is 0 Å². The molecule has 0 aliphatic heterocycles. The van der Waals surface area contributed by atoms with Crippen LogP contribution in [0.4, 0.5) is 0 Å². The number of carbonyl (C=O) groups is 1. The molecule has 0 spiro atoms. The molecule has 0 aromatic heterocycles. The summed E-state index contributed by atoms with van der Waals surface area (Å²) in [5.41, 5.74) is 13.9. The monoisotopic (exact) mass is 250 g/mol. The predicted octanol–water partition coefficient (Wildman–Crippen LogP) is 1.69. The topological polar surface area (TPSA) is 89.3 Å². The van der Waals surface area contributed by atoms with Crippen LogP contribution in [0.15, 0.2) is 24.3 Å². The summed E-state index contributed by atoms with van der Waals surface area (Å²) < 4.78 is 0. The largest absolute Gasteiger partial charge is 0.481 e. The molecule has 0 bridgehead atoms. The zero-order valence-electron chi connectivity index (χ0n) is 11.0. The van der Waals surface area contributed by atoms with E-state index in [9.17, 15) is 4.79 Å². The van der Waals surface area contributed by atoms with E-state index in [-0.39, 0.29) is 6.42 Å². The van der Waals surface area contributed by atoms with Gasteiger partial charge in [-0.3, -0.25) is 4.79 Å². The second kappa shape index (κ2) is 6.52. The van der Waals surface area contributed by atoms with E-state index in [1.165, 1.54) is 5.56 Å². The molecule has 0 amide bonds. The maximum Gasteiger partial charge on any atom is 0.304 e. The van der Waals surface area contributed by atoms with Crippen molar-refractivity contribution in [2.24, 2.45) is 17.4 Å². The van der Waals surface area contributed by atoms with Crippen molar-refractivity contribution in [3.8, 4) is 0 Å². The third kappa shape index (κ3) is 4.47. The SMILES string of the molecule is CC(C)Cc1ccc(C(N)C(N)CC(=O)O)cc1.